The second-order valence-corrected chi connectivity index (χ2v) is 3.71. The average Bonchev–Trinajstić information content (AvgIpc) is 2.56. The quantitative estimate of drug-likeness (QED) is 0.741. The number of hydrogen-bond acceptors (Lipinski definition) is 2. The summed E-state index contributed by atoms with van der Waals surface area (Å²) in [5.74, 6) is 2.91. The van der Waals surface area contributed by atoms with Crippen molar-refractivity contribution in [3.63, 3.8) is 0 Å². The summed E-state index contributed by atoms with van der Waals surface area (Å²) in [6, 6.07) is 4.78. The van der Waals surface area contributed by atoms with Gasteiger partial charge in [-0.15, -0.1) is 0 Å². The Morgan fingerprint density at radius 2 is 2.33 bits per heavy atom. The first-order valence-corrected chi connectivity index (χ1v) is 4.54. The topological polar surface area (TPSA) is 25.2 Å². The second-order valence-electron chi connectivity index (χ2n) is 3.71. The van der Waals surface area contributed by atoms with E-state index in [1.54, 1.807) is 0 Å². The van der Waals surface area contributed by atoms with Gasteiger partial charge in [-0.25, -0.2) is 0 Å². The highest BCUT2D eigenvalue weighted by molar-refractivity contribution is 5.06. The second kappa shape index (κ2) is 2.94. The van der Waals surface area contributed by atoms with Crippen molar-refractivity contribution in [2.75, 3.05) is 0 Å². The lowest BCUT2D eigenvalue weighted by Crippen LogP contribution is -2.16. The Hall–Kier alpha value is -0.760. The van der Waals surface area contributed by atoms with Crippen molar-refractivity contribution in [2.24, 2.45) is 5.92 Å². The molecule has 0 aliphatic heterocycles. The highest BCUT2D eigenvalue weighted by atomic mass is 16.3. The number of hydrogen-bond donors (Lipinski definition) is 1. The fourth-order valence-corrected chi connectivity index (χ4v) is 1.42. The smallest absolute Gasteiger partial charge is 0.117 e. The maximum absolute atomic E-state index is 5.43. The minimum absolute atomic E-state index is 0.732. The van der Waals surface area contributed by atoms with E-state index in [9.17, 15) is 0 Å². The summed E-state index contributed by atoms with van der Waals surface area (Å²) < 4.78 is 5.43. The first-order valence-electron chi connectivity index (χ1n) is 4.54. The highest BCUT2D eigenvalue weighted by Gasteiger charge is 2.31. The summed E-state index contributed by atoms with van der Waals surface area (Å²) in [5, 5.41) is 3.44. The van der Waals surface area contributed by atoms with Gasteiger partial charge in [0, 0.05) is 6.04 Å². The van der Waals surface area contributed by atoms with Crippen molar-refractivity contribution in [3.8, 4) is 0 Å². The minimum atomic E-state index is 0.732. The molecule has 66 valence electrons. The van der Waals surface area contributed by atoms with Gasteiger partial charge in [-0.1, -0.05) is 6.92 Å². The van der Waals surface area contributed by atoms with Gasteiger partial charge in [0.15, 0.2) is 0 Å². The van der Waals surface area contributed by atoms with Crippen LogP contribution in [0.1, 0.15) is 24.9 Å². The Morgan fingerprint density at radius 1 is 1.58 bits per heavy atom. The Bertz CT molecular complexity index is 267. The lowest BCUT2D eigenvalue weighted by Gasteiger charge is -1.98. The van der Waals surface area contributed by atoms with Gasteiger partial charge in [0.1, 0.15) is 11.5 Å². The molecule has 1 aliphatic rings. The molecule has 2 atom stereocenters. The van der Waals surface area contributed by atoms with Crippen molar-refractivity contribution in [2.45, 2.75) is 32.9 Å². The van der Waals surface area contributed by atoms with E-state index < -0.39 is 0 Å². The summed E-state index contributed by atoms with van der Waals surface area (Å²) in [5.41, 5.74) is 0. The molecule has 1 aromatic rings. The zero-order valence-electron chi connectivity index (χ0n) is 7.63. The lowest BCUT2D eigenvalue weighted by atomic mass is 10.4. The van der Waals surface area contributed by atoms with E-state index in [2.05, 4.69) is 12.2 Å². The fraction of sp³-hybridized carbons (Fsp3) is 0.600. The van der Waals surface area contributed by atoms with Gasteiger partial charge < -0.3 is 9.73 Å². The predicted molar refractivity (Wildman–Crippen MR) is 47.9 cm³/mol. The average molecular weight is 165 g/mol. The summed E-state index contributed by atoms with van der Waals surface area (Å²) in [7, 11) is 0. The Labute approximate surface area is 73.0 Å². The first kappa shape index (κ1) is 7.87. The van der Waals surface area contributed by atoms with Crippen LogP contribution < -0.4 is 5.32 Å². The van der Waals surface area contributed by atoms with Crippen LogP contribution in [0.25, 0.3) is 0 Å². The van der Waals surface area contributed by atoms with Crippen LogP contribution in [0.15, 0.2) is 16.5 Å². The van der Waals surface area contributed by atoms with E-state index in [1.165, 1.54) is 6.42 Å². The highest BCUT2D eigenvalue weighted by Crippen LogP contribution is 2.29. The van der Waals surface area contributed by atoms with E-state index in [1.807, 2.05) is 19.1 Å². The fourth-order valence-electron chi connectivity index (χ4n) is 1.42. The van der Waals surface area contributed by atoms with Crippen LogP contribution in [0.4, 0.5) is 0 Å². The third-order valence-electron chi connectivity index (χ3n) is 2.44. The Balaban J connectivity index is 1.80. The third-order valence-corrected chi connectivity index (χ3v) is 2.44. The van der Waals surface area contributed by atoms with Crippen molar-refractivity contribution in [1.82, 2.24) is 5.32 Å². The molecule has 0 radical (unpaired) electrons. The summed E-state index contributed by atoms with van der Waals surface area (Å²) >= 11 is 0. The third kappa shape index (κ3) is 1.69. The molecule has 1 aromatic heterocycles. The Morgan fingerprint density at radius 3 is 2.83 bits per heavy atom. The van der Waals surface area contributed by atoms with Gasteiger partial charge in [0.25, 0.3) is 0 Å². The SMILES string of the molecule is Cc1ccc(CNC2CC2C)o1. The van der Waals surface area contributed by atoms with E-state index in [4.69, 9.17) is 4.42 Å². The molecule has 1 aliphatic carbocycles. The van der Waals surface area contributed by atoms with Gasteiger partial charge in [0.2, 0.25) is 0 Å². The molecule has 1 heterocycles. The van der Waals surface area contributed by atoms with Crippen LogP contribution >= 0.6 is 0 Å². The zero-order chi connectivity index (χ0) is 8.55. The molecule has 0 amide bonds. The molecule has 2 unspecified atom stereocenters. The van der Waals surface area contributed by atoms with Crippen LogP contribution in [0.2, 0.25) is 0 Å². The largest absolute Gasteiger partial charge is 0.465 e. The molecule has 0 aromatic carbocycles. The first-order chi connectivity index (χ1) is 5.75. The molecule has 0 bridgehead atoms. The lowest BCUT2D eigenvalue weighted by molar-refractivity contribution is 0.458. The molecule has 2 rings (SSSR count). The van der Waals surface area contributed by atoms with Gasteiger partial charge in [-0.3, -0.25) is 0 Å². The van der Waals surface area contributed by atoms with Crippen LogP contribution in [0, 0.1) is 12.8 Å². The molecule has 1 fully saturated rings. The van der Waals surface area contributed by atoms with E-state index in [0.717, 1.165) is 30.0 Å². The number of aryl methyl sites for hydroxylation is 1. The number of nitrogens with one attached hydrogen (secondary N) is 1. The van der Waals surface area contributed by atoms with Gasteiger partial charge >= 0.3 is 0 Å². The van der Waals surface area contributed by atoms with Crippen LogP contribution in [0.5, 0.6) is 0 Å². The van der Waals surface area contributed by atoms with E-state index in [-0.39, 0.29) is 0 Å². The van der Waals surface area contributed by atoms with Crippen molar-refractivity contribution in [1.29, 1.82) is 0 Å². The van der Waals surface area contributed by atoms with E-state index >= 15 is 0 Å². The van der Waals surface area contributed by atoms with Crippen LogP contribution in [-0.4, -0.2) is 6.04 Å². The van der Waals surface area contributed by atoms with Crippen molar-refractivity contribution >= 4 is 0 Å². The van der Waals surface area contributed by atoms with Crippen molar-refractivity contribution < 1.29 is 4.42 Å². The van der Waals surface area contributed by atoms with Crippen LogP contribution in [-0.2, 0) is 6.54 Å². The van der Waals surface area contributed by atoms with Gasteiger partial charge in [-0.2, -0.15) is 0 Å². The monoisotopic (exact) mass is 165 g/mol. The molecule has 1 N–H and O–H groups in total. The molecule has 12 heavy (non-hydrogen) atoms. The van der Waals surface area contributed by atoms with E-state index in [0.29, 0.717) is 0 Å². The molecule has 0 spiro atoms. The maximum atomic E-state index is 5.43. The minimum Gasteiger partial charge on any atom is -0.465 e. The zero-order valence-corrected chi connectivity index (χ0v) is 7.63. The number of furan rings is 1. The normalized spacial score (nSPS) is 27.5. The molecule has 1 saturated carbocycles. The summed E-state index contributed by atoms with van der Waals surface area (Å²) in [4.78, 5) is 0. The Kier molecular flexibility index (Phi) is 1.93. The van der Waals surface area contributed by atoms with Crippen molar-refractivity contribution in [3.05, 3.63) is 23.7 Å². The summed E-state index contributed by atoms with van der Waals surface area (Å²) in [6.45, 7) is 5.12. The van der Waals surface area contributed by atoms with Gasteiger partial charge in [-0.05, 0) is 31.4 Å². The standard InChI is InChI=1S/C10H15NO/c1-7-5-10(7)11-6-9-4-3-8(2)12-9/h3-4,7,10-11H,5-6H2,1-2H3. The number of rotatable bonds is 3. The molecular weight excluding hydrogens is 150 g/mol. The van der Waals surface area contributed by atoms with Crippen LogP contribution in [0.3, 0.4) is 0 Å². The molecular formula is C10H15NO. The molecule has 2 nitrogen and oxygen atoms in total. The maximum Gasteiger partial charge on any atom is 0.117 e. The molecule has 2 heteroatoms. The molecule has 0 saturated heterocycles. The van der Waals surface area contributed by atoms with Gasteiger partial charge in [0.05, 0.1) is 6.54 Å². The predicted octanol–water partition coefficient (Wildman–Crippen LogP) is 2.09. The summed E-state index contributed by atoms with van der Waals surface area (Å²) in [6.07, 6.45) is 1.32.